The van der Waals surface area contributed by atoms with Crippen molar-refractivity contribution in [2.45, 2.75) is 25.8 Å². The number of likely N-dealkylation sites (tertiary alicyclic amines) is 1. The Kier molecular flexibility index (Phi) is 3.59. The lowest BCUT2D eigenvalue weighted by Crippen LogP contribution is -2.59. The Bertz CT molecular complexity index is 224. The van der Waals surface area contributed by atoms with Crippen molar-refractivity contribution >= 4 is 5.91 Å². The van der Waals surface area contributed by atoms with E-state index in [0.29, 0.717) is 18.5 Å². The van der Waals surface area contributed by atoms with Crippen LogP contribution in [0, 0.1) is 0 Å². The molecule has 0 saturated carbocycles. The van der Waals surface area contributed by atoms with Crippen LogP contribution in [0.3, 0.4) is 0 Å². The minimum atomic E-state index is 0.321. The first-order valence-corrected chi connectivity index (χ1v) is 6.04. The topological polar surface area (TPSA) is 35.6 Å². The molecule has 0 aliphatic carbocycles. The number of nitrogens with one attached hydrogen (secondary N) is 1. The lowest BCUT2D eigenvalue weighted by molar-refractivity contribution is -0.136. The Hall–Kier alpha value is -0.610. The summed E-state index contributed by atoms with van der Waals surface area (Å²) in [4.78, 5) is 16.1. The van der Waals surface area contributed by atoms with Gasteiger partial charge in [-0.15, -0.1) is 0 Å². The Morgan fingerprint density at radius 1 is 1.47 bits per heavy atom. The number of nitrogens with zero attached hydrogens (tertiary/aromatic N) is 2. The van der Waals surface area contributed by atoms with Gasteiger partial charge in [-0.3, -0.25) is 9.69 Å². The molecule has 0 bridgehead atoms. The van der Waals surface area contributed by atoms with Crippen molar-refractivity contribution in [3.05, 3.63) is 0 Å². The molecule has 2 rings (SSSR count). The minimum absolute atomic E-state index is 0.321. The lowest BCUT2D eigenvalue weighted by atomic mass is 10.1. The molecule has 1 amide bonds. The van der Waals surface area contributed by atoms with Crippen LogP contribution in [0.25, 0.3) is 0 Å². The number of carbonyl (C=O) groups excluding carboxylic acids is 1. The van der Waals surface area contributed by atoms with Gasteiger partial charge in [0.15, 0.2) is 0 Å². The molecule has 0 unspecified atom stereocenters. The summed E-state index contributed by atoms with van der Waals surface area (Å²) in [6.45, 7) is 7.89. The molecular weight excluding hydrogens is 190 g/mol. The summed E-state index contributed by atoms with van der Waals surface area (Å²) in [7, 11) is 0. The van der Waals surface area contributed by atoms with Crippen molar-refractivity contribution in [3.63, 3.8) is 0 Å². The zero-order valence-electron chi connectivity index (χ0n) is 9.54. The van der Waals surface area contributed by atoms with Crippen LogP contribution in [-0.2, 0) is 4.79 Å². The van der Waals surface area contributed by atoms with Crippen LogP contribution in [-0.4, -0.2) is 61.0 Å². The summed E-state index contributed by atoms with van der Waals surface area (Å²) in [6, 6.07) is 0.593. The van der Waals surface area contributed by atoms with E-state index in [1.54, 1.807) is 0 Å². The van der Waals surface area contributed by atoms with E-state index in [2.05, 4.69) is 17.1 Å². The smallest absolute Gasteiger partial charge is 0.236 e. The van der Waals surface area contributed by atoms with Gasteiger partial charge in [-0.25, -0.2) is 0 Å². The van der Waals surface area contributed by atoms with Crippen LogP contribution in [0.1, 0.15) is 19.8 Å². The van der Waals surface area contributed by atoms with Crippen LogP contribution >= 0.6 is 0 Å². The van der Waals surface area contributed by atoms with E-state index in [0.717, 1.165) is 39.1 Å². The van der Waals surface area contributed by atoms with Crippen LogP contribution in [0.15, 0.2) is 0 Å². The molecule has 0 atom stereocenters. The fourth-order valence-corrected chi connectivity index (χ4v) is 2.05. The third-order valence-electron chi connectivity index (χ3n) is 3.33. The number of rotatable bonds is 5. The molecule has 2 saturated heterocycles. The first-order chi connectivity index (χ1) is 7.31. The highest BCUT2D eigenvalue weighted by molar-refractivity contribution is 5.79. The molecule has 2 aliphatic rings. The highest BCUT2D eigenvalue weighted by atomic mass is 16.2. The molecular formula is C11H21N3O. The predicted octanol–water partition coefficient (Wildman–Crippen LogP) is -0.0975. The van der Waals surface area contributed by atoms with Crippen molar-refractivity contribution in [2.24, 2.45) is 0 Å². The molecule has 2 heterocycles. The summed E-state index contributed by atoms with van der Waals surface area (Å²) in [5.74, 6) is 0.321. The van der Waals surface area contributed by atoms with Gasteiger partial charge in [-0.2, -0.15) is 0 Å². The van der Waals surface area contributed by atoms with Crippen LogP contribution in [0.4, 0.5) is 0 Å². The summed E-state index contributed by atoms with van der Waals surface area (Å²) >= 11 is 0. The summed E-state index contributed by atoms with van der Waals surface area (Å²) in [6.07, 6.45) is 2.31. The highest BCUT2D eigenvalue weighted by Crippen LogP contribution is 2.10. The van der Waals surface area contributed by atoms with E-state index in [1.807, 2.05) is 4.90 Å². The molecule has 0 aromatic heterocycles. The predicted molar refractivity (Wildman–Crippen MR) is 59.7 cm³/mol. The van der Waals surface area contributed by atoms with E-state index < -0.39 is 0 Å². The maximum Gasteiger partial charge on any atom is 0.236 e. The third kappa shape index (κ3) is 2.49. The van der Waals surface area contributed by atoms with Gasteiger partial charge in [0.05, 0.1) is 6.54 Å². The Labute approximate surface area is 91.6 Å². The molecule has 86 valence electrons. The largest absolute Gasteiger partial charge is 0.341 e. The number of carbonyl (C=O) groups is 1. The maximum absolute atomic E-state index is 11.8. The maximum atomic E-state index is 11.8. The van der Waals surface area contributed by atoms with Crippen molar-refractivity contribution in [1.29, 1.82) is 0 Å². The molecule has 0 aromatic carbocycles. The zero-order valence-corrected chi connectivity index (χ0v) is 9.54. The molecule has 0 spiro atoms. The molecule has 0 radical (unpaired) electrons. The second kappa shape index (κ2) is 4.94. The monoisotopic (exact) mass is 211 g/mol. The Morgan fingerprint density at radius 3 is 2.60 bits per heavy atom. The molecule has 4 nitrogen and oxygen atoms in total. The standard InChI is InChI=1S/C11H21N3O/c1-2-4-14(10-7-12-8-10)9-11(15)13-5-3-6-13/h10,12H,2-9H2,1H3. The van der Waals surface area contributed by atoms with Gasteiger partial charge in [0.25, 0.3) is 0 Å². The quantitative estimate of drug-likeness (QED) is 0.690. The van der Waals surface area contributed by atoms with Crippen LogP contribution in [0.5, 0.6) is 0 Å². The molecule has 2 fully saturated rings. The van der Waals surface area contributed by atoms with Gasteiger partial charge in [0, 0.05) is 32.2 Å². The van der Waals surface area contributed by atoms with Crippen LogP contribution < -0.4 is 5.32 Å². The number of hydrogen-bond donors (Lipinski definition) is 1. The fourth-order valence-electron chi connectivity index (χ4n) is 2.05. The van der Waals surface area contributed by atoms with Gasteiger partial charge < -0.3 is 10.2 Å². The second-order valence-corrected chi connectivity index (χ2v) is 4.52. The Morgan fingerprint density at radius 2 is 2.20 bits per heavy atom. The van der Waals surface area contributed by atoms with E-state index in [9.17, 15) is 4.79 Å². The molecule has 1 N–H and O–H groups in total. The average Bonchev–Trinajstić information content (AvgIpc) is 1.96. The summed E-state index contributed by atoms with van der Waals surface area (Å²) in [5.41, 5.74) is 0. The normalized spacial score (nSPS) is 21.3. The van der Waals surface area contributed by atoms with E-state index in [1.165, 1.54) is 6.42 Å². The third-order valence-corrected chi connectivity index (χ3v) is 3.33. The van der Waals surface area contributed by atoms with E-state index >= 15 is 0 Å². The summed E-state index contributed by atoms with van der Waals surface area (Å²) in [5, 5.41) is 3.26. The van der Waals surface area contributed by atoms with Gasteiger partial charge in [0.2, 0.25) is 5.91 Å². The average molecular weight is 211 g/mol. The lowest BCUT2D eigenvalue weighted by Gasteiger charge is -2.40. The van der Waals surface area contributed by atoms with Crippen molar-refractivity contribution in [2.75, 3.05) is 39.3 Å². The highest BCUT2D eigenvalue weighted by Gasteiger charge is 2.28. The second-order valence-electron chi connectivity index (χ2n) is 4.52. The van der Waals surface area contributed by atoms with Crippen molar-refractivity contribution in [3.8, 4) is 0 Å². The SMILES string of the molecule is CCCN(CC(=O)N1CCC1)C1CNC1. The number of hydrogen-bond acceptors (Lipinski definition) is 3. The van der Waals surface area contributed by atoms with Gasteiger partial charge >= 0.3 is 0 Å². The van der Waals surface area contributed by atoms with Crippen LogP contribution in [0.2, 0.25) is 0 Å². The number of amides is 1. The van der Waals surface area contributed by atoms with Gasteiger partial charge in [-0.05, 0) is 19.4 Å². The minimum Gasteiger partial charge on any atom is -0.341 e. The molecule has 2 aliphatic heterocycles. The molecule has 4 heteroatoms. The van der Waals surface area contributed by atoms with Gasteiger partial charge in [-0.1, -0.05) is 6.92 Å². The molecule has 0 aromatic rings. The Balaban J connectivity index is 1.79. The van der Waals surface area contributed by atoms with Crippen molar-refractivity contribution in [1.82, 2.24) is 15.1 Å². The van der Waals surface area contributed by atoms with Gasteiger partial charge in [0.1, 0.15) is 0 Å². The zero-order chi connectivity index (χ0) is 10.7. The summed E-state index contributed by atoms with van der Waals surface area (Å²) < 4.78 is 0. The van der Waals surface area contributed by atoms with E-state index in [-0.39, 0.29) is 0 Å². The fraction of sp³-hybridized carbons (Fsp3) is 0.909. The molecule has 15 heavy (non-hydrogen) atoms. The van der Waals surface area contributed by atoms with Crippen molar-refractivity contribution < 1.29 is 4.79 Å². The van der Waals surface area contributed by atoms with E-state index in [4.69, 9.17) is 0 Å². The first-order valence-electron chi connectivity index (χ1n) is 6.04. The first kappa shape index (κ1) is 10.9.